The van der Waals surface area contributed by atoms with E-state index < -0.39 is 5.97 Å². The van der Waals surface area contributed by atoms with Gasteiger partial charge in [-0.2, -0.15) is 5.26 Å². The van der Waals surface area contributed by atoms with Crippen molar-refractivity contribution in [3.8, 4) is 22.9 Å². The van der Waals surface area contributed by atoms with Crippen molar-refractivity contribution in [2.75, 3.05) is 44.7 Å². The van der Waals surface area contributed by atoms with E-state index in [0.29, 0.717) is 68.2 Å². The van der Waals surface area contributed by atoms with Gasteiger partial charge in [0.25, 0.3) is 5.56 Å². The van der Waals surface area contributed by atoms with Gasteiger partial charge in [0.1, 0.15) is 41.1 Å². The highest BCUT2D eigenvalue weighted by Crippen LogP contribution is 2.40. The minimum Gasteiger partial charge on any atom is -0.491 e. The van der Waals surface area contributed by atoms with E-state index >= 15 is 0 Å². The number of likely N-dealkylation sites (N-methyl/N-ethyl adjacent to an activating group) is 1. The smallest absolute Gasteiger partial charge is 0.338 e. The molecule has 5 heterocycles. The Morgan fingerprint density at radius 3 is 2.56 bits per heavy atom. The highest BCUT2D eigenvalue weighted by Gasteiger charge is 2.25. The zero-order valence-electron chi connectivity index (χ0n) is 25.2. The molecule has 45 heavy (non-hydrogen) atoms. The summed E-state index contributed by atoms with van der Waals surface area (Å²) in [5.74, 6) is 0.482. The Morgan fingerprint density at radius 2 is 1.84 bits per heavy atom. The molecule has 6 rings (SSSR count). The number of piperazine rings is 1. The normalized spacial score (nSPS) is 13.8. The average molecular weight is 644 g/mol. The monoisotopic (exact) mass is 643 g/mol. The molecule has 1 saturated heterocycles. The number of benzene rings is 1. The zero-order chi connectivity index (χ0) is 32.0. The maximum absolute atomic E-state index is 14.0. The van der Waals surface area contributed by atoms with Gasteiger partial charge in [-0.25, -0.2) is 14.8 Å². The number of aromatic carboxylic acids is 1. The zero-order valence-corrected chi connectivity index (χ0v) is 26.8. The van der Waals surface area contributed by atoms with Crippen molar-refractivity contribution in [3.63, 3.8) is 0 Å². The van der Waals surface area contributed by atoms with Gasteiger partial charge in [-0.1, -0.05) is 11.6 Å². The lowest BCUT2D eigenvalue weighted by Gasteiger charge is -2.34. The molecule has 0 atom stereocenters. The Morgan fingerprint density at radius 1 is 1.09 bits per heavy atom. The number of rotatable bonds is 7. The van der Waals surface area contributed by atoms with Crippen LogP contribution in [0, 0.1) is 32.1 Å². The molecular weight excluding hydrogens is 614 g/mol. The number of pyridine rings is 2. The lowest BCUT2D eigenvalue weighted by Crippen LogP contribution is -2.45. The molecule has 0 unspecified atom stereocenters. The van der Waals surface area contributed by atoms with Crippen molar-refractivity contribution in [1.29, 1.82) is 5.26 Å². The fourth-order valence-electron chi connectivity index (χ4n) is 5.72. The first-order chi connectivity index (χ1) is 21.6. The van der Waals surface area contributed by atoms with Crippen LogP contribution < -0.4 is 15.2 Å². The molecule has 0 spiro atoms. The number of hydrogen-bond acceptors (Lipinski definition) is 10. The molecule has 1 aliphatic heterocycles. The second-order valence-electron chi connectivity index (χ2n) is 11.1. The van der Waals surface area contributed by atoms with Crippen molar-refractivity contribution in [2.24, 2.45) is 0 Å². The van der Waals surface area contributed by atoms with Crippen LogP contribution in [0.3, 0.4) is 0 Å². The molecule has 0 bridgehead atoms. The van der Waals surface area contributed by atoms with Crippen LogP contribution in [0.15, 0.2) is 34.4 Å². The Bertz CT molecular complexity index is 2090. The number of ether oxygens (including phenoxy) is 1. The van der Waals surface area contributed by atoms with Gasteiger partial charge in [-0.05, 0) is 52.1 Å². The molecule has 1 N–H and O–H groups in total. The van der Waals surface area contributed by atoms with Crippen molar-refractivity contribution in [2.45, 2.75) is 27.3 Å². The van der Waals surface area contributed by atoms with Crippen LogP contribution in [0.1, 0.15) is 33.1 Å². The summed E-state index contributed by atoms with van der Waals surface area (Å²) >= 11 is 7.70. The minimum atomic E-state index is -1.04. The van der Waals surface area contributed by atoms with E-state index in [9.17, 15) is 20.0 Å². The molecule has 4 aromatic heterocycles. The van der Waals surface area contributed by atoms with Crippen molar-refractivity contribution < 1.29 is 14.6 Å². The number of nitriles is 1. The fourth-order valence-corrected chi connectivity index (χ4v) is 6.90. The molecule has 0 amide bonds. The first kappa shape index (κ1) is 30.5. The third kappa shape index (κ3) is 5.59. The Balaban J connectivity index is 1.35. The van der Waals surface area contributed by atoms with Crippen LogP contribution in [0.5, 0.6) is 5.75 Å². The number of hydrogen-bond donors (Lipinski definition) is 1. The number of aryl methyl sites for hydroxylation is 3. The van der Waals surface area contributed by atoms with Crippen LogP contribution in [-0.2, 0) is 6.54 Å². The largest absolute Gasteiger partial charge is 0.491 e. The lowest BCUT2D eigenvalue weighted by atomic mass is 10.0. The fraction of sp³-hybridized carbons (Fsp3) is 0.312. The Hall–Kier alpha value is -4.57. The van der Waals surface area contributed by atoms with Gasteiger partial charge in [0.15, 0.2) is 0 Å². The van der Waals surface area contributed by atoms with Crippen LogP contribution in [0.2, 0.25) is 5.02 Å². The SMILES string of the molecule is Cc1cc(-c2cc(Cl)ccc2OCCn2c(C)nc3c(C)nc(N4CCN(C)CC4)c(C#N)c3c2=O)c2scc(C(=O)O)c2n1. The molecule has 1 fully saturated rings. The predicted octanol–water partition coefficient (Wildman–Crippen LogP) is 5.05. The summed E-state index contributed by atoms with van der Waals surface area (Å²) in [6.07, 6.45) is 0. The van der Waals surface area contributed by atoms with Gasteiger partial charge in [-0.15, -0.1) is 11.3 Å². The number of fused-ring (bicyclic) bond motifs is 2. The summed E-state index contributed by atoms with van der Waals surface area (Å²) in [5, 5.41) is 22.2. The van der Waals surface area contributed by atoms with Crippen molar-refractivity contribution in [1.82, 2.24) is 24.4 Å². The van der Waals surface area contributed by atoms with E-state index in [1.807, 2.05) is 13.0 Å². The second-order valence-corrected chi connectivity index (χ2v) is 12.4. The van der Waals surface area contributed by atoms with E-state index in [1.165, 1.54) is 15.9 Å². The van der Waals surface area contributed by atoms with Gasteiger partial charge < -0.3 is 19.6 Å². The van der Waals surface area contributed by atoms with E-state index in [4.69, 9.17) is 26.3 Å². The molecule has 1 aromatic carbocycles. The second kappa shape index (κ2) is 12.1. The maximum Gasteiger partial charge on any atom is 0.338 e. The van der Waals surface area contributed by atoms with E-state index in [1.54, 1.807) is 37.4 Å². The molecule has 1 aliphatic rings. The number of carboxylic acids is 1. The number of aromatic nitrogens is 4. The molecular formula is C32H30ClN7O4S. The predicted molar refractivity (Wildman–Crippen MR) is 175 cm³/mol. The van der Waals surface area contributed by atoms with Gasteiger partial charge >= 0.3 is 5.97 Å². The number of nitrogens with zero attached hydrogens (tertiary/aromatic N) is 7. The van der Waals surface area contributed by atoms with Crippen molar-refractivity contribution in [3.05, 3.63) is 73.4 Å². The molecule has 0 aliphatic carbocycles. The summed E-state index contributed by atoms with van der Waals surface area (Å²) in [6.45, 7) is 8.76. The van der Waals surface area contributed by atoms with Crippen LogP contribution in [0.4, 0.5) is 5.82 Å². The van der Waals surface area contributed by atoms with Gasteiger partial charge in [0.2, 0.25) is 0 Å². The Kier molecular flexibility index (Phi) is 8.18. The lowest BCUT2D eigenvalue weighted by molar-refractivity contribution is 0.0699. The van der Waals surface area contributed by atoms with Crippen LogP contribution in [-0.4, -0.2) is 75.3 Å². The molecule has 5 aromatic rings. The average Bonchev–Trinajstić information content (AvgIpc) is 3.44. The van der Waals surface area contributed by atoms with E-state index in [0.717, 1.165) is 18.7 Å². The van der Waals surface area contributed by atoms with Crippen molar-refractivity contribution >= 4 is 55.8 Å². The summed E-state index contributed by atoms with van der Waals surface area (Å²) in [5.41, 5.74) is 3.59. The standard InChI is InChI=1S/C32H30ClN7O4S/c1-17-13-22(29-28(35-17)24(16-45-29)32(42)43)21-14-20(33)5-6-25(21)44-12-11-40-19(3)37-27-18(2)36-30(23(15-34)26(27)31(40)41)39-9-7-38(4)8-10-39/h5-6,13-14,16H,7-12H2,1-4H3,(H,42,43). The van der Waals surface area contributed by atoms with Gasteiger partial charge in [-0.3, -0.25) is 14.3 Å². The summed E-state index contributed by atoms with van der Waals surface area (Å²) in [4.78, 5) is 44.0. The topological polar surface area (TPSA) is 137 Å². The third-order valence-corrected chi connectivity index (χ3v) is 9.29. The number of carbonyl (C=O) groups is 1. The van der Waals surface area contributed by atoms with E-state index in [-0.39, 0.29) is 35.2 Å². The number of thiophene rings is 1. The van der Waals surface area contributed by atoms with Crippen LogP contribution in [0.25, 0.3) is 32.2 Å². The highest BCUT2D eigenvalue weighted by molar-refractivity contribution is 7.18. The first-order valence-electron chi connectivity index (χ1n) is 14.4. The molecule has 11 nitrogen and oxygen atoms in total. The third-order valence-electron chi connectivity index (χ3n) is 8.05. The van der Waals surface area contributed by atoms with Gasteiger partial charge in [0.05, 0.1) is 33.4 Å². The summed E-state index contributed by atoms with van der Waals surface area (Å²) < 4.78 is 8.49. The quantitative estimate of drug-likeness (QED) is 0.256. The molecule has 0 radical (unpaired) electrons. The summed E-state index contributed by atoms with van der Waals surface area (Å²) in [7, 11) is 2.05. The van der Waals surface area contributed by atoms with Gasteiger partial charge in [0, 0.05) is 53.4 Å². The minimum absolute atomic E-state index is 0.123. The van der Waals surface area contributed by atoms with E-state index in [2.05, 4.69) is 27.9 Å². The molecule has 13 heteroatoms. The molecule has 0 saturated carbocycles. The number of halogens is 1. The first-order valence-corrected chi connectivity index (χ1v) is 15.6. The Labute approximate surface area is 267 Å². The number of anilines is 1. The summed E-state index contributed by atoms with van der Waals surface area (Å²) in [6, 6.07) is 9.37. The number of carboxylic acid groups (broad SMARTS) is 1. The maximum atomic E-state index is 14.0. The highest BCUT2D eigenvalue weighted by atomic mass is 35.5. The molecule has 230 valence electrons. The van der Waals surface area contributed by atoms with Crippen LogP contribution >= 0.6 is 22.9 Å².